The molecule has 0 bridgehead atoms. The van der Waals surface area contributed by atoms with Gasteiger partial charge in [-0.2, -0.15) is 10.2 Å². The van der Waals surface area contributed by atoms with E-state index in [1.807, 2.05) is 12.4 Å². The zero-order valence-corrected chi connectivity index (χ0v) is 15.2. The number of hydrogen-bond donors (Lipinski definition) is 2. The third-order valence-electron chi connectivity index (χ3n) is 5.06. The summed E-state index contributed by atoms with van der Waals surface area (Å²) in [6.45, 7) is 0. The lowest BCUT2D eigenvalue weighted by atomic mass is 9.90. The standard InChI is InChI=1S/C19H32N4O2/c24-18(22-20-14-16-8-3-1-4-9-16)12-7-13-19(25)23-21-15-17-10-5-2-6-11-17/h14-17H,1-13H2,(H,22,24)(H,23,25). The van der Waals surface area contributed by atoms with E-state index in [-0.39, 0.29) is 11.8 Å². The topological polar surface area (TPSA) is 82.9 Å². The van der Waals surface area contributed by atoms with Crippen LogP contribution in [0.4, 0.5) is 0 Å². The van der Waals surface area contributed by atoms with E-state index in [4.69, 9.17) is 0 Å². The van der Waals surface area contributed by atoms with Crippen molar-refractivity contribution in [2.24, 2.45) is 22.0 Å². The largest absolute Gasteiger partial charge is 0.273 e. The molecule has 2 N–H and O–H groups in total. The first-order valence-electron chi connectivity index (χ1n) is 9.88. The zero-order valence-electron chi connectivity index (χ0n) is 15.2. The van der Waals surface area contributed by atoms with Crippen molar-refractivity contribution in [3.8, 4) is 0 Å². The molecule has 6 heteroatoms. The third-order valence-corrected chi connectivity index (χ3v) is 5.06. The molecule has 0 aromatic carbocycles. The molecule has 0 atom stereocenters. The summed E-state index contributed by atoms with van der Waals surface area (Å²) in [5.41, 5.74) is 5.12. The van der Waals surface area contributed by atoms with E-state index in [0.29, 0.717) is 31.1 Å². The van der Waals surface area contributed by atoms with E-state index >= 15 is 0 Å². The molecule has 6 nitrogen and oxygen atoms in total. The summed E-state index contributed by atoms with van der Waals surface area (Å²) >= 11 is 0. The average molecular weight is 348 g/mol. The maximum absolute atomic E-state index is 11.7. The van der Waals surface area contributed by atoms with Crippen LogP contribution in [0.25, 0.3) is 0 Å². The molecular weight excluding hydrogens is 316 g/mol. The number of hydrogen-bond acceptors (Lipinski definition) is 4. The van der Waals surface area contributed by atoms with Crippen LogP contribution in [0.2, 0.25) is 0 Å². The maximum Gasteiger partial charge on any atom is 0.240 e. The van der Waals surface area contributed by atoms with E-state index in [9.17, 15) is 9.59 Å². The van der Waals surface area contributed by atoms with Crippen molar-refractivity contribution in [2.75, 3.05) is 0 Å². The molecule has 0 aromatic rings. The van der Waals surface area contributed by atoms with Gasteiger partial charge in [0.1, 0.15) is 0 Å². The number of hydrazone groups is 2. The highest BCUT2D eigenvalue weighted by Gasteiger charge is 2.12. The number of rotatable bonds is 8. The smallest absolute Gasteiger partial charge is 0.240 e. The zero-order chi connectivity index (χ0) is 17.7. The Morgan fingerprint density at radius 2 is 1.12 bits per heavy atom. The van der Waals surface area contributed by atoms with Gasteiger partial charge in [-0.3, -0.25) is 9.59 Å². The SMILES string of the molecule is O=C(CCCC(=O)NN=CC1CCCCC1)NN=CC1CCCCC1. The van der Waals surface area contributed by atoms with Crippen molar-refractivity contribution in [3.05, 3.63) is 0 Å². The van der Waals surface area contributed by atoms with Gasteiger partial charge in [-0.05, 0) is 43.9 Å². The first kappa shape index (κ1) is 19.6. The van der Waals surface area contributed by atoms with Crippen LogP contribution >= 0.6 is 0 Å². The predicted molar refractivity (Wildman–Crippen MR) is 100 cm³/mol. The minimum Gasteiger partial charge on any atom is -0.273 e. The van der Waals surface area contributed by atoms with Gasteiger partial charge < -0.3 is 0 Å². The molecule has 25 heavy (non-hydrogen) atoms. The summed E-state index contributed by atoms with van der Waals surface area (Å²) in [4.78, 5) is 23.4. The van der Waals surface area contributed by atoms with Gasteiger partial charge in [0.25, 0.3) is 0 Å². The fourth-order valence-corrected chi connectivity index (χ4v) is 3.52. The Morgan fingerprint density at radius 1 is 0.720 bits per heavy atom. The second-order valence-electron chi connectivity index (χ2n) is 7.28. The molecule has 0 aromatic heterocycles. The van der Waals surface area contributed by atoms with E-state index in [2.05, 4.69) is 21.1 Å². The maximum atomic E-state index is 11.7. The van der Waals surface area contributed by atoms with Gasteiger partial charge in [-0.15, -0.1) is 0 Å². The third kappa shape index (κ3) is 8.79. The molecule has 2 amide bonds. The number of carbonyl (C=O) groups is 2. The Morgan fingerprint density at radius 3 is 1.52 bits per heavy atom. The fourth-order valence-electron chi connectivity index (χ4n) is 3.52. The first-order chi connectivity index (χ1) is 12.2. The molecule has 2 fully saturated rings. The molecule has 0 spiro atoms. The number of nitrogens with one attached hydrogen (secondary N) is 2. The van der Waals surface area contributed by atoms with Crippen LogP contribution < -0.4 is 10.9 Å². The van der Waals surface area contributed by atoms with Crippen molar-refractivity contribution in [3.63, 3.8) is 0 Å². The van der Waals surface area contributed by atoms with Crippen molar-refractivity contribution < 1.29 is 9.59 Å². The molecule has 140 valence electrons. The summed E-state index contributed by atoms with van der Waals surface area (Å²) in [5.74, 6) is 0.736. The van der Waals surface area contributed by atoms with Gasteiger partial charge in [0, 0.05) is 25.3 Å². The van der Waals surface area contributed by atoms with Gasteiger partial charge in [0.15, 0.2) is 0 Å². The fraction of sp³-hybridized carbons (Fsp3) is 0.789. The monoisotopic (exact) mass is 348 g/mol. The predicted octanol–water partition coefficient (Wildman–Crippen LogP) is 3.52. The van der Waals surface area contributed by atoms with Crippen LogP contribution in [0.5, 0.6) is 0 Å². The van der Waals surface area contributed by atoms with E-state index < -0.39 is 0 Å². The van der Waals surface area contributed by atoms with E-state index in [0.717, 1.165) is 0 Å². The van der Waals surface area contributed by atoms with Crippen molar-refractivity contribution >= 4 is 24.2 Å². The van der Waals surface area contributed by atoms with Gasteiger partial charge in [0.2, 0.25) is 11.8 Å². The van der Waals surface area contributed by atoms with Crippen molar-refractivity contribution in [1.29, 1.82) is 0 Å². The number of nitrogens with zero attached hydrogens (tertiary/aromatic N) is 2. The lowest BCUT2D eigenvalue weighted by Gasteiger charge is -2.16. The van der Waals surface area contributed by atoms with Crippen LogP contribution in [0.1, 0.15) is 83.5 Å². The Kier molecular flexibility index (Phi) is 9.23. The minimum atomic E-state index is -0.134. The van der Waals surface area contributed by atoms with Crippen molar-refractivity contribution in [1.82, 2.24) is 10.9 Å². The van der Waals surface area contributed by atoms with Gasteiger partial charge in [-0.1, -0.05) is 38.5 Å². The number of amides is 2. The summed E-state index contributed by atoms with van der Waals surface area (Å²) < 4.78 is 0. The summed E-state index contributed by atoms with van der Waals surface area (Å²) in [7, 11) is 0. The molecule has 0 aliphatic heterocycles. The second kappa shape index (κ2) is 11.8. The Balaban J connectivity index is 1.50. The molecule has 0 saturated heterocycles. The van der Waals surface area contributed by atoms with Crippen LogP contribution in [-0.2, 0) is 9.59 Å². The second-order valence-corrected chi connectivity index (χ2v) is 7.28. The first-order valence-corrected chi connectivity index (χ1v) is 9.88. The molecular formula is C19H32N4O2. The quantitative estimate of drug-likeness (QED) is 0.519. The molecule has 2 aliphatic rings. The normalized spacial score (nSPS) is 20.2. The summed E-state index contributed by atoms with van der Waals surface area (Å²) in [6, 6.07) is 0. The van der Waals surface area contributed by atoms with Gasteiger partial charge in [-0.25, -0.2) is 10.9 Å². The van der Waals surface area contributed by atoms with Crippen LogP contribution in [0.15, 0.2) is 10.2 Å². The lowest BCUT2D eigenvalue weighted by molar-refractivity contribution is -0.122. The average Bonchev–Trinajstić information content (AvgIpc) is 2.63. The highest BCUT2D eigenvalue weighted by molar-refractivity contribution is 5.79. The Bertz CT molecular complexity index is 422. The lowest BCUT2D eigenvalue weighted by Crippen LogP contribution is -2.21. The molecule has 0 heterocycles. The van der Waals surface area contributed by atoms with Gasteiger partial charge >= 0.3 is 0 Å². The Labute approximate surface area is 150 Å². The van der Waals surface area contributed by atoms with Gasteiger partial charge in [0.05, 0.1) is 0 Å². The van der Waals surface area contributed by atoms with E-state index in [1.165, 1.54) is 64.2 Å². The molecule has 2 saturated carbocycles. The molecule has 0 radical (unpaired) electrons. The van der Waals surface area contributed by atoms with Crippen LogP contribution in [-0.4, -0.2) is 24.2 Å². The van der Waals surface area contributed by atoms with Crippen LogP contribution in [0.3, 0.4) is 0 Å². The highest BCUT2D eigenvalue weighted by Crippen LogP contribution is 2.22. The van der Waals surface area contributed by atoms with Crippen LogP contribution in [0, 0.1) is 11.8 Å². The highest BCUT2D eigenvalue weighted by atomic mass is 16.2. The van der Waals surface area contributed by atoms with Crippen molar-refractivity contribution in [2.45, 2.75) is 83.5 Å². The molecule has 2 rings (SSSR count). The van der Waals surface area contributed by atoms with E-state index in [1.54, 1.807) is 0 Å². The summed E-state index contributed by atoms with van der Waals surface area (Å²) in [6.07, 6.45) is 17.2. The minimum absolute atomic E-state index is 0.134. The molecule has 2 aliphatic carbocycles. The summed E-state index contributed by atoms with van der Waals surface area (Å²) in [5, 5.41) is 8.09. The molecule has 0 unspecified atom stereocenters. The Hall–Kier alpha value is -1.72. The number of carbonyl (C=O) groups excluding carboxylic acids is 2.